The van der Waals surface area contributed by atoms with Gasteiger partial charge in [0.1, 0.15) is 5.82 Å². The second-order valence-corrected chi connectivity index (χ2v) is 4.51. The standard InChI is InChI=1S/C11H13BrFN3O2/c1-6(10(14)15-18)16(2)11(17)7-4-3-5-8(13)9(7)12/h3-6,18H,1-2H3,(H2,14,15). The molecule has 1 unspecified atom stereocenters. The van der Waals surface area contributed by atoms with Crippen molar-refractivity contribution in [3.8, 4) is 0 Å². The maximum absolute atomic E-state index is 13.3. The number of halogens is 2. The molecule has 0 aliphatic rings. The van der Waals surface area contributed by atoms with E-state index >= 15 is 0 Å². The Labute approximate surface area is 112 Å². The SMILES string of the molecule is CC(/C(N)=N/O)N(C)C(=O)c1cccc(F)c1Br. The molecule has 0 aromatic heterocycles. The molecule has 18 heavy (non-hydrogen) atoms. The predicted octanol–water partition coefficient (Wildman–Crippen LogP) is 1.80. The number of hydrogen-bond donors (Lipinski definition) is 2. The van der Waals surface area contributed by atoms with Gasteiger partial charge in [-0.1, -0.05) is 11.2 Å². The molecule has 0 bridgehead atoms. The van der Waals surface area contributed by atoms with Gasteiger partial charge in [0.25, 0.3) is 5.91 Å². The van der Waals surface area contributed by atoms with Crippen molar-refractivity contribution in [1.29, 1.82) is 0 Å². The number of rotatable bonds is 3. The van der Waals surface area contributed by atoms with Crippen LogP contribution in [0, 0.1) is 5.82 Å². The molecule has 0 saturated heterocycles. The molecule has 0 aliphatic heterocycles. The minimum Gasteiger partial charge on any atom is -0.409 e. The summed E-state index contributed by atoms with van der Waals surface area (Å²) in [4.78, 5) is 13.4. The maximum Gasteiger partial charge on any atom is 0.255 e. The quantitative estimate of drug-likeness (QED) is 0.386. The van der Waals surface area contributed by atoms with E-state index in [1.165, 1.54) is 30.1 Å². The zero-order chi connectivity index (χ0) is 13.9. The Morgan fingerprint density at radius 3 is 2.78 bits per heavy atom. The van der Waals surface area contributed by atoms with Crippen molar-refractivity contribution in [2.24, 2.45) is 10.9 Å². The van der Waals surface area contributed by atoms with Crippen LogP contribution in [0.5, 0.6) is 0 Å². The lowest BCUT2D eigenvalue weighted by Gasteiger charge is -2.24. The van der Waals surface area contributed by atoms with Gasteiger partial charge in [-0.25, -0.2) is 4.39 Å². The zero-order valence-electron chi connectivity index (χ0n) is 9.89. The topological polar surface area (TPSA) is 78.9 Å². The average Bonchev–Trinajstić information content (AvgIpc) is 2.38. The molecule has 1 aromatic carbocycles. The molecular formula is C11H13BrFN3O2. The van der Waals surface area contributed by atoms with E-state index in [2.05, 4.69) is 21.1 Å². The van der Waals surface area contributed by atoms with Crippen LogP contribution in [0.3, 0.4) is 0 Å². The van der Waals surface area contributed by atoms with E-state index in [-0.39, 0.29) is 15.9 Å². The Balaban J connectivity index is 3.04. The van der Waals surface area contributed by atoms with Gasteiger partial charge >= 0.3 is 0 Å². The summed E-state index contributed by atoms with van der Waals surface area (Å²) in [7, 11) is 1.49. The van der Waals surface area contributed by atoms with Crippen molar-refractivity contribution in [1.82, 2.24) is 4.90 Å². The summed E-state index contributed by atoms with van der Waals surface area (Å²) in [6, 6.07) is 3.58. The first-order valence-corrected chi connectivity index (χ1v) is 5.88. The average molecular weight is 318 g/mol. The van der Waals surface area contributed by atoms with Crippen molar-refractivity contribution in [3.63, 3.8) is 0 Å². The molecule has 5 nitrogen and oxygen atoms in total. The molecular weight excluding hydrogens is 305 g/mol. The molecule has 0 saturated carbocycles. The van der Waals surface area contributed by atoms with Crippen LogP contribution in [0.2, 0.25) is 0 Å². The number of carbonyl (C=O) groups is 1. The predicted molar refractivity (Wildman–Crippen MR) is 69.1 cm³/mol. The Hall–Kier alpha value is -1.63. The van der Waals surface area contributed by atoms with Crippen LogP contribution in [0.25, 0.3) is 0 Å². The lowest BCUT2D eigenvalue weighted by molar-refractivity contribution is 0.0775. The Morgan fingerprint density at radius 2 is 2.22 bits per heavy atom. The minimum atomic E-state index is -0.599. The van der Waals surface area contributed by atoms with Gasteiger partial charge in [-0.2, -0.15) is 0 Å². The second kappa shape index (κ2) is 5.81. The van der Waals surface area contributed by atoms with Crippen LogP contribution >= 0.6 is 15.9 Å². The van der Waals surface area contributed by atoms with Gasteiger partial charge < -0.3 is 15.8 Å². The number of carbonyl (C=O) groups excluding carboxylic acids is 1. The van der Waals surface area contributed by atoms with Crippen LogP contribution in [0.4, 0.5) is 4.39 Å². The fourth-order valence-electron chi connectivity index (χ4n) is 1.32. The lowest BCUT2D eigenvalue weighted by atomic mass is 10.1. The van der Waals surface area contributed by atoms with Crippen LogP contribution < -0.4 is 5.73 Å². The zero-order valence-corrected chi connectivity index (χ0v) is 11.5. The molecule has 0 spiro atoms. The molecule has 0 aliphatic carbocycles. The van der Waals surface area contributed by atoms with Crippen LogP contribution in [0.1, 0.15) is 17.3 Å². The van der Waals surface area contributed by atoms with Gasteiger partial charge in [-0.3, -0.25) is 4.79 Å². The fourth-order valence-corrected chi connectivity index (χ4v) is 1.75. The highest BCUT2D eigenvalue weighted by Gasteiger charge is 2.23. The van der Waals surface area contributed by atoms with E-state index in [1.807, 2.05) is 0 Å². The maximum atomic E-state index is 13.3. The van der Waals surface area contributed by atoms with Crippen LogP contribution in [-0.2, 0) is 0 Å². The highest BCUT2D eigenvalue weighted by atomic mass is 79.9. The van der Waals surface area contributed by atoms with E-state index in [1.54, 1.807) is 6.92 Å². The molecule has 0 heterocycles. The summed E-state index contributed by atoms with van der Waals surface area (Å²) in [6.07, 6.45) is 0. The largest absolute Gasteiger partial charge is 0.409 e. The number of benzene rings is 1. The third kappa shape index (κ3) is 2.79. The summed E-state index contributed by atoms with van der Waals surface area (Å²) in [5.74, 6) is -1.05. The first kappa shape index (κ1) is 14.4. The smallest absolute Gasteiger partial charge is 0.255 e. The highest BCUT2D eigenvalue weighted by Crippen LogP contribution is 2.22. The Bertz CT molecular complexity index is 493. The van der Waals surface area contributed by atoms with Gasteiger partial charge in [-0.15, -0.1) is 0 Å². The first-order valence-electron chi connectivity index (χ1n) is 5.08. The Morgan fingerprint density at radius 1 is 1.61 bits per heavy atom. The summed E-state index contributed by atoms with van der Waals surface area (Å²) < 4.78 is 13.4. The van der Waals surface area contributed by atoms with Gasteiger partial charge in [-0.05, 0) is 35.0 Å². The molecule has 7 heteroatoms. The van der Waals surface area contributed by atoms with E-state index in [9.17, 15) is 9.18 Å². The summed E-state index contributed by atoms with van der Waals surface area (Å²) in [6.45, 7) is 1.60. The van der Waals surface area contributed by atoms with Crippen LogP contribution in [0.15, 0.2) is 27.8 Å². The first-order chi connectivity index (χ1) is 8.40. The van der Waals surface area contributed by atoms with Crippen molar-refractivity contribution in [2.45, 2.75) is 13.0 Å². The molecule has 1 amide bonds. The van der Waals surface area contributed by atoms with Gasteiger partial charge in [0, 0.05) is 7.05 Å². The van der Waals surface area contributed by atoms with E-state index in [0.717, 1.165) is 0 Å². The number of likely N-dealkylation sites (N-methyl/N-ethyl adjacent to an activating group) is 1. The summed E-state index contributed by atoms with van der Waals surface area (Å²) >= 11 is 3.02. The second-order valence-electron chi connectivity index (χ2n) is 3.72. The van der Waals surface area contributed by atoms with E-state index in [0.29, 0.717) is 0 Å². The van der Waals surface area contributed by atoms with Gasteiger partial charge in [0.05, 0.1) is 16.1 Å². The molecule has 1 atom stereocenters. The Kier molecular flexibility index (Phi) is 4.66. The van der Waals surface area contributed by atoms with Gasteiger partial charge in [0.2, 0.25) is 0 Å². The summed E-state index contributed by atoms with van der Waals surface area (Å²) in [5.41, 5.74) is 5.60. The molecule has 1 aromatic rings. The minimum absolute atomic E-state index is 0.0913. The third-order valence-corrected chi connectivity index (χ3v) is 3.43. The van der Waals surface area contributed by atoms with Crippen LogP contribution in [-0.4, -0.2) is 34.9 Å². The number of amides is 1. The van der Waals surface area contributed by atoms with E-state index < -0.39 is 17.8 Å². The number of hydrogen-bond acceptors (Lipinski definition) is 3. The van der Waals surface area contributed by atoms with Gasteiger partial charge in [0.15, 0.2) is 5.84 Å². The lowest BCUT2D eigenvalue weighted by Crippen LogP contribution is -2.43. The monoisotopic (exact) mass is 317 g/mol. The molecule has 0 radical (unpaired) electrons. The van der Waals surface area contributed by atoms with E-state index in [4.69, 9.17) is 10.9 Å². The number of oxime groups is 1. The van der Waals surface area contributed by atoms with Crippen molar-refractivity contribution in [3.05, 3.63) is 34.1 Å². The van der Waals surface area contributed by atoms with Crippen molar-refractivity contribution < 1.29 is 14.4 Å². The molecule has 98 valence electrons. The van der Waals surface area contributed by atoms with Crippen molar-refractivity contribution in [2.75, 3.05) is 7.05 Å². The highest BCUT2D eigenvalue weighted by molar-refractivity contribution is 9.10. The fraction of sp³-hybridized carbons (Fsp3) is 0.273. The third-order valence-electron chi connectivity index (χ3n) is 2.63. The summed E-state index contributed by atoms with van der Waals surface area (Å²) in [5, 5.41) is 11.4. The molecule has 3 N–H and O–H groups in total. The number of amidine groups is 1. The van der Waals surface area contributed by atoms with Crippen molar-refractivity contribution >= 4 is 27.7 Å². The number of nitrogens with two attached hydrogens (primary N) is 1. The molecule has 1 rings (SSSR count). The number of nitrogens with zero attached hydrogens (tertiary/aromatic N) is 2. The molecule has 0 fully saturated rings. The normalized spacial score (nSPS) is 13.2.